The predicted octanol–water partition coefficient (Wildman–Crippen LogP) is 2.77. The van der Waals surface area contributed by atoms with E-state index in [1.165, 1.54) is 0 Å². The topological polar surface area (TPSA) is 71.4 Å². The smallest absolute Gasteiger partial charge is 0.311 e. The molecule has 0 heterocycles. The molecule has 0 aromatic heterocycles. The summed E-state index contributed by atoms with van der Waals surface area (Å²) in [5.74, 6) is -1.90. The molecule has 1 unspecified atom stereocenters. The average Bonchev–Trinajstić information content (AvgIpc) is 2.27. The predicted molar refractivity (Wildman–Crippen MR) is 79.7 cm³/mol. The van der Waals surface area contributed by atoms with Gasteiger partial charge in [-0.1, -0.05) is 29.8 Å². The van der Waals surface area contributed by atoms with Crippen LogP contribution in [0.15, 0.2) is 24.3 Å². The highest BCUT2D eigenvalue weighted by molar-refractivity contribution is 7.92. The first-order valence-electron chi connectivity index (χ1n) is 6.56. The molecular formula is C15H22O4S. The second-order valence-corrected chi connectivity index (χ2v) is 8.89. The summed E-state index contributed by atoms with van der Waals surface area (Å²) in [6.07, 6.45) is 0.0956. The van der Waals surface area contributed by atoms with Crippen LogP contribution in [0.25, 0.3) is 0 Å². The van der Waals surface area contributed by atoms with E-state index in [2.05, 4.69) is 0 Å². The number of carboxylic acid groups (broad SMARTS) is 1. The molecule has 0 saturated heterocycles. The van der Waals surface area contributed by atoms with Crippen molar-refractivity contribution in [2.24, 2.45) is 0 Å². The lowest BCUT2D eigenvalue weighted by Crippen LogP contribution is -2.31. The zero-order valence-electron chi connectivity index (χ0n) is 12.4. The first-order valence-corrected chi connectivity index (χ1v) is 8.21. The van der Waals surface area contributed by atoms with Gasteiger partial charge >= 0.3 is 5.97 Å². The van der Waals surface area contributed by atoms with Crippen LogP contribution < -0.4 is 0 Å². The van der Waals surface area contributed by atoms with Crippen LogP contribution >= 0.6 is 0 Å². The summed E-state index contributed by atoms with van der Waals surface area (Å²) in [7, 11) is -3.31. The quantitative estimate of drug-likeness (QED) is 0.907. The number of hydrogen-bond donors (Lipinski definition) is 1. The minimum Gasteiger partial charge on any atom is -0.481 e. The van der Waals surface area contributed by atoms with Crippen molar-refractivity contribution < 1.29 is 18.3 Å². The third-order valence-corrected chi connectivity index (χ3v) is 5.99. The van der Waals surface area contributed by atoms with Gasteiger partial charge in [0.25, 0.3) is 0 Å². The van der Waals surface area contributed by atoms with Gasteiger partial charge in [0.1, 0.15) is 0 Å². The molecular weight excluding hydrogens is 276 g/mol. The molecule has 0 aliphatic rings. The number of sulfone groups is 1. The molecule has 1 atom stereocenters. The van der Waals surface area contributed by atoms with Crippen molar-refractivity contribution in [3.05, 3.63) is 35.4 Å². The zero-order chi connectivity index (χ0) is 15.6. The van der Waals surface area contributed by atoms with Gasteiger partial charge < -0.3 is 5.11 Å². The number of rotatable bonds is 5. The summed E-state index contributed by atoms with van der Waals surface area (Å²) in [5, 5.41) is 9.32. The number of hydrogen-bond acceptors (Lipinski definition) is 3. The van der Waals surface area contributed by atoms with Gasteiger partial charge in [-0.2, -0.15) is 0 Å². The summed E-state index contributed by atoms with van der Waals surface area (Å²) in [5.41, 5.74) is 1.62. The van der Waals surface area contributed by atoms with Gasteiger partial charge in [0.05, 0.1) is 16.4 Å². The van der Waals surface area contributed by atoms with E-state index >= 15 is 0 Å². The van der Waals surface area contributed by atoms with E-state index in [9.17, 15) is 18.3 Å². The van der Waals surface area contributed by atoms with Gasteiger partial charge in [0.2, 0.25) is 0 Å². The Kier molecular flexibility index (Phi) is 4.97. The summed E-state index contributed by atoms with van der Waals surface area (Å²) in [6, 6.07) is 7.20. The fraction of sp³-hybridized carbons (Fsp3) is 0.533. The van der Waals surface area contributed by atoms with Crippen LogP contribution in [0.4, 0.5) is 0 Å². The van der Waals surface area contributed by atoms with Crippen molar-refractivity contribution in [3.63, 3.8) is 0 Å². The van der Waals surface area contributed by atoms with E-state index in [-0.39, 0.29) is 12.2 Å². The molecule has 0 aliphatic heterocycles. The number of carbonyl (C=O) groups is 1. The van der Waals surface area contributed by atoms with Crippen LogP contribution in [0.2, 0.25) is 0 Å². The van der Waals surface area contributed by atoms with Gasteiger partial charge in [-0.3, -0.25) is 4.79 Å². The molecule has 0 aliphatic carbocycles. The van der Waals surface area contributed by atoms with Gasteiger partial charge in [-0.05, 0) is 39.7 Å². The molecule has 0 bridgehead atoms. The molecule has 0 amide bonds. The lowest BCUT2D eigenvalue weighted by Gasteiger charge is -2.21. The number of benzene rings is 1. The second kappa shape index (κ2) is 5.95. The third kappa shape index (κ3) is 4.07. The number of aryl methyl sites for hydroxylation is 1. The molecule has 20 heavy (non-hydrogen) atoms. The van der Waals surface area contributed by atoms with E-state index in [0.29, 0.717) is 5.56 Å². The Balaban J connectivity index is 2.94. The Morgan fingerprint density at radius 2 is 1.90 bits per heavy atom. The average molecular weight is 298 g/mol. The fourth-order valence-corrected chi connectivity index (χ4v) is 3.06. The lowest BCUT2D eigenvalue weighted by molar-refractivity contribution is -0.138. The first-order chi connectivity index (χ1) is 9.04. The van der Waals surface area contributed by atoms with Crippen molar-refractivity contribution in [1.29, 1.82) is 0 Å². The van der Waals surface area contributed by atoms with Crippen molar-refractivity contribution >= 4 is 15.8 Å². The van der Waals surface area contributed by atoms with Crippen LogP contribution in [0, 0.1) is 6.92 Å². The normalized spacial score (nSPS) is 14.0. The van der Waals surface area contributed by atoms with Crippen LogP contribution in [-0.4, -0.2) is 30.0 Å². The van der Waals surface area contributed by atoms with E-state index < -0.39 is 26.5 Å². The fourth-order valence-electron chi connectivity index (χ4n) is 1.90. The maximum absolute atomic E-state index is 12.1. The maximum atomic E-state index is 12.1. The molecule has 112 valence electrons. The van der Waals surface area contributed by atoms with Crippen molar-refractivity contribution in [2.45, 2.75) is 44.8 Å². The molecule has 0 saturated carbocycles. The summed E-state index contributed by atoms with van der Waals surface area (Å²) < 4.78 is 23.3. The monoisotopic (exact) mass is 298 g/mol. The summed E-state index contributed by atoms with van der Waals surface area (Å²) >= 11 is 0. The number of carboxylic acids is 1. The summed E-state index contributed by atoms with van der Waals surface area (Å²) in [6.45, 7) is 6.77. The molecule has 1 N–H and O–H groups in total. The molecule has 0 spiro atoms. The molecule has 5 heteroatoms. The minimum absolute atomic E-state index is 0.0956. The Labute approximate surface area is 120 Å². The standard InChI is InChI=1S/C15H22O4S/c1-11-6-5-7-12(10-11)13(14(16)17)8-9-20(18,19)15(2,3)4/h5-7,10,13H,8-9H2,1-4H3,(H,16,17). The highest BCUT2D eigenvalue weighted by atomic mass is 32.2. The maximum Gasteiger partial charge on any atom is 0.311 e. The molecule has 1 aromatic rings. The van der Waals surface area contributed by atoms with E-state index in [1.54, 1.807) is 39.0 Å². The highest BCUT2D eigenvalue weighted by Crippen LogP contribution is 2.25. The van der Waals surface area contributed by atoms with E-state index in [1.807, 2.05) is 13.0 Å². The van der Waals surface area contributed by atoms with Crippen LogP contribution in [-0.2, 0) is 14.6 Å². The lowest BCUT2D eigenvalue weighted by atomic mass is 9.95. The highest BCUT2D eigenvalue weighted by Gasteiger charge is 2.31. The van der Waals surface area contributed by atoms with Gasteiger partial charge in [-0.25, -0.2) is 8.42 Å². The zero-order valence-corrected chi connectivity index (χ0v) is 13.2. The van der Waals surface area contributed by atoms with Crippen molar-refractivity contribution in [3.8, 4) is 0 Å². The molecule has 1 rings (SSSR count). The van der Waals surface area contributed by atoms with Crippen LogP contribution in [0.1, 0.15) is 44.2 Å². The van der Waals surface area contributed by atoms with Gasteiger partial charge in [0.15, 0.2) is 9.84 Å². The molecule has 1 aromatic carbocycles. The van der Waals surface area contributed by atoms with Gasteiger partial charge in [0, 0.05) is 0 Å². The Morgan fingerprint density at radius 3 is 2.35 bits per heavy atom. The van der Waals surface area contributed by atoms with E-state index in [0.717, 1.165) is 5.56 Å². The van der Waals surface area contributed by atoms with Crippen molar-refractivity contribution in [2.75, 3.05) is 5.75 Å². The third-order valence-electron chi connectivity index (χ3n) is 3.35. The van der Waals surface area contributed by atoms with Gasteiger partial charge in [-0.15, -0.1) is 0 Å². The Morgan fingerprint density at radius 1 is 1.30 bits per heavy atom. The largest absolute Gasteiger partial charge is 0.481 e. The van der Waals surface area contributed by atoms with Crippen LogP contribution in [0.5, 0.6) is 0 Å². The molecule has 0 fully saturated rings. The number of aliphatic carboxylic acids is 1. The van der Waals surface area contributed by atoms with E-state index in [4.69, 9.17) is 0 Å². The minimum atomic E-state index is -3.31. The Bertz CT molecular complexity index is 582. The summed E-state index contributed by atoms with van der Waals surface area (Å²) in [4.78, 5) is 11.4. The van der Waals surface area contributed by atoms with Crippen molar-refractivity contribution in [1.82, 2.24) is 0 Å². The first kappa shape index (κ1) is 16.7. The second-order valence-electron chi connectivity index (χ2n) is 6.02. The molecule has 0 radical (unpaired) electrons. The van der Waals surface area contributed by atoms with Crippen LogP contribution in [0.3, 0.4) is 0 Å². The SMILES string of the molecule is Cc1cccc(C(CCS(=O)(=O)C(C)(C)C)C(=O)O)c1. The Hall–Kier alpha value is -1.36. The molecule has 4 nitrogen and oxygen atoms in total.